The lowest BCUT2D eigenvalue weighted by molar-refractivity contribution is 0.512. The van der Waals surface area contributed by atoms with E-state index in [0.29, 0.717) is 0 Å². The minimum absolute atomic E-state index is 1.22. The van der Waals surface area contributed by atoms with Crippen LogP contribution < -0.4 is 21.3 Å². The molecule has 1 rings (SSSR count). The largest absolute Gasteiger partial charge is 0.317 e. The molecule has 1 aliphatic heterocycles. The zero-order chi connectivity index (χ0) is 31.1. The topological polar surface area (TPSA) is 48.1 Å². The van der Waals surface area contributed by atoms with Crippen molar-refractivity contribution >= 4 is 0 Å². The van der Waals surface area contributed by atoms with Gasteiger partial charge in [-0.1, -0.05) is 154 Å². The van der Waals surface area contributed by atoms with Crippen molar-refractivity contribution in [3.05, 3.63) is 0 Å². The standard InChI is InChI=1S/C40H84N4/c1-2-6-10-14-18-26-34-42-38-30-23-24-32-40-44-36-28-20-16-12-8-4-3-7-11-15-19-27-35-43-39-31-22-21-29-37-41-33-25-17-13-9-5-1/h41-44H,1-40H2. The highest BCUT2D eigenvalue weighted by molar-refractivity contribution is 4.57. The molecule has 4 nitrogen and oxygen atoms in total. The summed E-state index contributed by atoms with van der Waals surface area (Å²) in [6.07, 6.45) is 45.5. The van der Waals surface area contributed by atoms with Crippen LogP contribution in [0, 0.1) is 0 Å². The van der Waals surface area contributed by atoms with Crippen LogP contribution in [0.25, 0.3) is 0 Å². The zero-order valence-corrected chi connectivity index (χ0v) is 30.3. The van der Waals surface area contributed by atoms with E-state index in [2.05, 4.69) is 21.3 Å². The lowest BCUT2D eigenvalue weighted by atomic mass is 10.1. The van der Waals surface area contributed by atoms with Gasteiger partial charge in [0.05, 0.1) is 0 Å². The Morgan fingerprint density at radius 3 is 0.318 bits per heavy atom. The average Bonchev–Trinajstić information content (AvgIpc) is 3.03. The summed E-state index contributed by atoms with van der Waals surface area (Å²) in [6.45, 7) is 9.82. The molecule has 0 saturated carbocycles. The van der Waals surface area contributed by atoms with E-state index in [1.54, 1.807) is 0 Å². The molecular weight excluding hydrogens is 536 g/mol. The number of rotatable bonds is 0. The Hall–Kier alpha value is -0.160. The van der Waals surface area contributed by atoms with E-state index in [-0.39, 0.29) is 0 Å². The summed E-state index contributed by atoms with van der Waals surface area (Å²) in [6, 6.07) is 0. The Labute approximate surface area is 278 Å². The van der Waals surface area contributed by atoms with Gasteiger partial charge in [-0.2, -0.15) is 0 Å². The van der Waals surface area contributed by atoms with Crippen LogP contribution in [-0.2, 0) is 0 Å². The Morgan fingerprint density at radius 1 is 0.114 bits per heavy atom. The van der Waals surface area contributed by atoms with Crippen LogP contribution in [0.4, 0.5) is 0 Å². The smallest absolute Gasteiger partial charge is 0.00489 e. The van der Waals surface area contributed by atoms with Crippen LogP contribution in [0.3, 0.4) is 0 Å². The second-order valence-corrected chi connectivity index (χ2v) is 14.3. The zero-order valence-electron chi connectivity index (χ0n) is 30.3. The van der Waals surface area contributed by atoms with Gasteiger partial charge in [0.25, 0.3) is 0 Å². The molecule has 0 amide bonds. The Bertz CT molecular complexity index is 260. The van der Waals surface area contributed by atoms with E-state index in [1.165, 1.54) is 258 Å². The van der Waals surface area contributed by atoms with Gasteiger partial charge in [0.15, 0.2) is 0 Å². The van der Waals surface area contributed by atoms with Gasteiger partial charge in [0.2, 0.25) is 0 Å². The third-order valence-corrected chi connectivity index (χ3v) is 9.83. The molecule has 264 valence electrons. The highest BCUT2D eigenvalue weighted by Gasteiger charge is 1.98. The average molecular weight is 621 g/mol. The Kier molecular flexibility index (Phi) is 37.1. The normalized spacial score (nSPS) is 24.0. The molecule has 0 unspecified atom stereocenters. The van der Waals surface area contributed by atoms with E-state index in [4.69, 9.17) is 0 Å². The van der Waals surface area contributed by atoms with Crippen molar-refractivity contribution in [1.29, 1.82) is 0 Å². The minimum Gasteiger partial charge on any atom is -0.317 e. The van der Waals surface area contributed by atoms with Crippen molar-refractivity contribution < 1.29 is 0 Å². The lowest BCUT2D eigenvalue weighted by Crippen LogP contribution is -2.17. The molecule has 0 aliphatic carbocycles. The number of hydrogen-bond donors (Lipinski definition) is 4. The fourth-order valence-electron chi connectivity index (χ4n) is 6.74. The van der Waals surface area contributed by atoms with Gasteiger partial charge < -0.3 is 21.3 Å². The molecule has 1 aliphatic rings. The monoisotopic (exact) mass is 621 g/mol. The Balaban J connectivity index is 2.00. The molecule has 4 N–H and O–H groups in total. The van der Waals surface area contributed by atoms with Crippen molar-refractivity contribution in [2.24, 2.45) is 0 Å². The van der Waals surface area contributed by atoms with Crippen LogP contribution in [0.1, 0.15) is 205 Å². The fourth-order valence-corrected chi connectivity index (χ4v) is 6.74. The third-order valence-electron chi connectivity index (χ3n) is 9.83. The summed E-state index contributed by atoms with van der Waals surface area (Å²) in [5, 5.41) is 14.7. The second kappa shape index (κ2) is 39.0. The van der Waals surface area contributed by atoms with Crippen LogP contribution >= 0.6 is 0 Å². The molecule has 1 saturated heterocycles. The van der Waals surface area contributed by atoms with Crippen molar-refractivity contribution in [3.8, 4) is 0 Å². The van der Waals surface area contributed by atoms with Crippen molar-refractivity contribution in [2.45, 2.75) is 205 Å². The molecule has 1 heterocycles. The predicted molar refractivity (Wildman–Crippen MR) is 199 cm³/mol. The molecule has 0 aromatic rings. The highest BCUT2D eigenvalue weighted by atomic mass is 14.9. The molecule has 44 heavy (non-hydrogen) atoms. The second-order valence-electron chi connectivity index (χ2n) is 14.3. The maximum atomic E-state index is 3.68. The Morgan fingerprint density at radius 2 is 0.205 bits per heavy atom. The summed E-state index contributed by atoms with van der Waals surface area (Å²) < 4.78 is 0. The van der Waals surface area contributed by atoms with Crippen molar-refractivity contribution in [1.82, 2.24) is 21.3 Å². The van der Waals surface area contributed by atoms with Crippen LogP contribution in [0.5, 0.6) is 0 Å². The summed E-state index contributed by atoms with van der Waals surface area (Å²) in [4.78, 5) is 0. The van der Waals surface area contributed by atoms with E-state index < -0.39 is 0 Å². The summed E-state index contributed by atoms with van der Waals surface area (Å²) >= 11 is 0. The van der Waals surface area contributed by atoms with E-state index in [1.807, 2.05) is 0 Å². The van der Waals surface area contributed by atoms with Gasteiger partial charge in [-0.05, 0) is 104 Å². The molecule has 0 spiro atoms. The van der Waals surface area contributed by atoms with Crippen molar-refractivity contribution in [2.75, 3.05) is 52.4 Å². The predicted octanol–water partition coefficient (Wildman–Crippen LogP) is 10.8. The van der Waals surface area contributed by atoms with E-state index >= 15 is 0 Å². The van der Waals surface area contributed by atoms with Gasteiger partial charge in [-0.15, -0.1) is 0 Å². The molecule has 0 bridgehead atoms. The van der Waals surface area contributed by atoms with Gasteiger partial charge in [0, 0.05) is 0 Å². The molecule has 0 aromatic heterocycles. The summed E-state index contributed by atoms with van der Waals surface area (Å²) in [7, 11) is 0. The number of nitrogens with one attached hydrogen (secondary N) is 4. The maximum Gasteiger partial charge on any atom is -0.00489 e. The first-order valence-corrected chi connectivity index (χ1v) is 20.8. The first kappa shape index (κ1) is 41.9. The summed E-state index contributed by atoms with van der Waals surface area (Å²) in [5.41, 5.74) is 0. The SMILES string of the molecule is C1CCCCCCCNCCCCCCNCCCCCCCCCCCCCCNCCCCCCNCCCCCC1. The van der Waals surface area contributed by atoms with E-state index in [9.17, 15) is 0 Å². The first-order chi connectivity index (χ1) is 22.0. The van der Waals surface area contributed by atoms with Crippen LogP contribution in [0.2, 0.25) is 0 Å². The van der Waals surface area contributed by atoms with Gasteiger partial charge in [-0.3, -0.25) is 0 Å². The third kappa shape index (κ3) is 36.3. The van der Waals surface area contributed by atoms with Crippen LogP contribution in [0.15, 0.2) is 0 Å². The van der Waals surface area contributed by atoms with Gasteiger partial charge in [-0.25, -0.2) is 0 Å². The fraction of sp³-hybridized carbons (Fsp3) is 1.00. The number of hydrogen-bond acceptors (Lipinski definition) is 4. The summed E-state index contributed by atoms with van der Waals surface area (Å²) in [5.74, 6) is 0. The molecule has 0 atom stereocenters. The van der Waals surface area contributed by atoms with E-state index in [0.717, 1.165) is 0 Å². The van der Waals surface area contributed by atoms with Gasteiger partial charge >= 0.3 is 0 Å². The first-order valence-electron chi connectivity index (χ1n) is 20.8. The van der Waals surface area contributed by atoms with Crippen LogP contribution in [-0.4, -0.2) is 52.4 Å². The highest BCUT2D eigenvalue weighted by Crippen LogP contribution is 2.13. The van der Waals surface area contributed by atoms with Crippen molar-refractivity contribution in [3.63, 3.8) is 0 Å². The molecule has 0 aromatic carbocycles. The molecule has 0 radical (unpaired) electrons. The molecule has 4 heteroatoms. The lowest BCUT2D eigenvalue weighted by Gasteiger charge is -2.07. The maximum absolute atomic E-state index is 3.68. The quantitative estimate of drug-likeness (QED) is 0.218. The molecule has 1 fully saturated rings. The molecular formula is C40H84N4. The van der Waals surface area contributed by atoms with Gasteiger partial charge in [0.1, 0.15) is 0 Å². The minimum atomic E-state index is 1.22.